The van der Waals surface area contributed by atoms with Crippen LogP contribution >= 0.6 is 0 Å². The van der Waals surface area contributed by atoms with Crippen LogP contribution in [0.1, 0.15) is 58.3 Å². The summed E-state index contributed by atoms with van der Waals surface area (Å²) in [4.78, 5) is 2.78. The molecule has 0 aromatic rings. The molecule has 0 spiro atoms. The zero-order valence-electron chi connectivity index (χ0n) is 12.4. The normalized spacial score (nSPS) is 44.2. The SMILES string of the molecule is CCC1CCC(CN)(N2CCOC3CCCC32)CC1. The van der Waals surface area contributed by atoms with Gasteiger partial charge in [-0.3, -0.25) is 4.90 Å². The molecule has 2 atom stereocenters. The lowest BCUT2D eigenvalue weighted by Gasteiger charge is -2.53. The molecule has 1 heterocycles. The minimum absolute atomic E-state index is 0.294. The second kappa shape index (κ2) is 5.71. The van der Waals surface area contributed by atoms with Gasteiger partial charge >= 0.3 is 0 Å². The number of hydrogen-bond acceptors (Lipinski definition) is 3. The maximum atomic E-state index is 6.26. The molecular formula is C16H30N2O. The van der Waals surface area contributed by atoms with Gasteiger partial charge in [0.15, 0.2) is 0 Å². The molecule has 3 fully saturated rings. The number of morpholine rings is 1. The summed E-state index contributed by atoms with van der Waals surface area (Å²) in [5.41, 5.74) is 6.55. The van der Waals surface area contributed by atoms with E-state index in [1.165, 1.54) is 51.4 Å². The molecule has 0 amide bonds. The van der Waals surface area contributed by atoms with Crippen LogP contribution in [0.4, 0.5) is 0 Å². The fraction of sp³-hybridized carbons (Fsp3) is 1.00. The average Bonchev–Trinajstić information content (AvgIpc) is 2.95. The molecule has 19 heavy (non-hydrogen) atoms. The van der Waals surface area contributed by atoms with Gasteiger partial charge < -0.3 is 10.5 Å². The molecule has 3 heteroatoms. The van der Waals surface area contributed by atoms with E-state index in [4.69, 9.17) is 10.5 Å². The van der Waals surface area contributed by atoms with Crippen LogP contribution in [-0.4, -0.2) is 42.3 Å². The molecule has 1 aliphatic heterocycles. The minimum Gasteiger partial charge on any atom is -0.375 e. The highest BCUT2D eigenvalue weighted by atomic mass is 16.5. The molecule has 1 saturated heterocycles. The van der Waals surface area contributed by atoms with Crippen molar-refractivity contribution in [2.75, 3.05) is 19.7 Å². The topological polar surface area (TPSA) is 38.5 Å². The van der Waals surface area contributed by atoms with Crippen LogP contribution in [0.2, 0.25) is 0 Å². The van der Waals surface area contributed by atoms with Crippen molar-refractivity contribution in [3.63, 3.8) is 0 Å². The zero-order valence-corrected chi connectivity index (χ0v) is 12.4. The third-order valence-electron chi connectivity index (χ3n) is 6.08. The maximum absolute atomic E-state index is 6.26. The van der Waals surface area contributed by atoms with Crippen LogP contribution in [0, 0.1) is 5.92 Å². The lowest BCUT2D eigenvalue weighted by molar-refractivity contribution is -0.109. The molecule has 3 rings (SSSR count). The molecule has 3 aliphatic rings. The summed E-state index contributed by atoms with van der Waals surface area (Å²) in [6.45, 7) is 5.20. The fourth-order valence-electron chi connectivity index (χ4n) is 4.75. The Hall–Kier alpha value is -0.120. The molecule has 2 saturated carbocycles. The molecular weight excluding hydrogens is 236 g/mol. The van der Waals surface area contributed by atoms with E-state index in [9.17, 15) is 0 Å². The highest BCUT2D eigenvalue weighted by Crippen LogP contribution is 2.42. The van der Waals surface area contributed by atoms with Crippen molar-refractivity contribution >= 4 is 0 Å². The van der Waals surface area contributed by atoms with Crippen LogP contribution in [0.25, 0.3) is 0 Å². The molecule has 2 N–H and O–H groups in total. The van der Waals surface area contributed by atoms with E-state index in [1.807, 2.05) is 0 Å². The Labute approximate surface area is 117 Å². The number of nitrogens with two attached hydrogens (primary N) is 1. The van der Waals surface area contributed by atoms with Gasteiger partial charge in [0.2, 0.25) is 0 Å². The Kier molecular flexibility index (Phi) is 4.16. The highest BCUT2D eigenvalue weighted by molar-refractivity contribution is 5.02. The molecule has 2 unspecified atom stereocenters. The smallest absolute Gasteiger partial charge is 0.0731 e. The van der Waals surface area contributed by atoms with Crippen LogP contribution in [0.3, 0.4) is 0 Å². The van der Waals surface area contributed by atoms with Gasteiger partial charge in [0.05, 0.1) is 12.7 Å². The summed E-state index contributed by atoms with van der Waals surface area (Å²) in [6.07, 6.45) is 11.1. The summed E-state index contributed by atoms with van der Waals surface area (Å²) >= 11 is 0. The predicted octanol–water partition coefficient (Wildman–Crippen LogP) is 2.54. The van der Waals surface area contributed by atoms with E-state index in [1.54, 1.807) is 0 Å². The van der Waals surface area contributed by atoms with Crippen molar-refractivity contribution in [1.29, 1.82) is 0 Å². The van der Waals surface area contributed by atoms with E-state index in [0.29, 0.717) is 17.7 Å². The number of ether oxygens (including phenoxy) is 1. The first kappa shape index (κ1) is 13.8. The zero-order chi connectivity index (χ0) is 13.3. The Bertz CT molecular complexity index is 299. The lowest BCUT2D eigenvalue weighted by atomic mass is 9.73. The first-order chi connectivity index (χ1) is 9.29. The van der Waals surface area contributed by atoms with E-state index >= 15 is 0 Å². The largest absolute Gasteiger partial charge is 0.375 e. The lowest BCUT2D eigenvalue weighted by Crippen LogP contribution is -2.63. The number of rotatable bonds is 3. The van der Waals surface area contributed by atoms with E-state index in [2.05, 4.69) is 11.8 Å². The molecule has 0 aromatic carbocycles. The van der Waals surface area contributed by atoms with Gasteiger partial charge in [-0.1, -0.05) is 13.3 Å². The Morgan fingerprint density at radius 3 is 2.68 bits per heavy atom. The van der Waals surface area contributed by atoms with Crippen LogP contribution in [0.5, 0.6) is 0 Å². The van der Waals surface area contributed by atoms with Gasteiger partial charge in [-0.05, 0) is 50.9 Å². The van der Waals surface area contributed by atoms with Gasteiger partial charge in [-0.25, -0.2) is 0 Å². The first-order valence-corrected chi connectivity index (χ1v) is 8.37. The summed E-state index contributed by atoms with van der Waals surface area (Å²) < 4.78 is 5.97. The summed E-state index contributed by atoms with van der Waals surface area (Å²) in [5.74, 6) is 0.945. The van der Waals surface area contributed by atoms with Crippen LogP contribution in [0.15, 0.2) is 0 Å². The van der Waals surface area contributed by atoms with Crippen LogP contribution < -0.4 is 5.73 Å². The van der Waals surface area contributed by atoms with Gasteiger partial charge in [0.1, 0.15) is 0 Å². The summed E-state index contributed by atoms with van der Waals surface area (Å²) in [6, 6.07) is 0.662. The van der Waals surface area contributed by atoms with E-state index in [-0.39, 0.29) is 0 Å². The van der Waals surface area contributed by atoms with Crippen molar-refractivity contribution in [3.8, 4) is 0 Å². The van der Waals surface area contributed by atoms with Crippen LogP contribution in [-0.2, 0) is 4.74 Å². The fourth-order valence-corrected chi connectivity index (χ4v) is 4.75. The second-order valence-electron chi connectivity index (χ2n) is 6.88. The maximum Gasteiger partial charge on any atom is 0.0731 e. The molecule has 3 nitrogen and oxygen atoms in total. The second-order valence-corrected chi connectivity index (χ2v) is 6.88. The van der Waals surface area contributed by atoms with E-state index in [0.717, 1.165) is 25.6 Å². The molecule has 110 valence electrons. The number of fused-ring (bicyclic) bond motifs is 1. The average molecular weight is 266 g/mol. The molecule has 0 radical (unpaired) electrons. The number of hydrogen-bond donors (Lipinski definition) is 1. The third kappa shape index (κ3) is 2.45. The molecule has 0 aromatic heterocycles. The van der Waals surface area contributed by atoms with Crippen molar-refractivity contribution in [2.24, 2.45) is 11.7 Å². The van der Waals surface area contributed by atoms with Gasteiger partial charge in [0, 0.05) is 24.7 Å². The minimum atomic E-state index is 0.294. The highest BCUT2D eigenvalue weighted by Gasteiger charge is 2.47. The summed E-state index contributed by atoms with van der Waals surface area (Å²) in [5, 5.41) is 0. The monoisotopic (exact) mass is 266 g/mol. The quantitative estimate of drug-likeness (QED) is 0.853. The standard InChI is InChI=1S/C16H30N2O/c1-2-13-6-8-16(12-17,9-7-13)18-10-11-19-15-5-3-4-14(15)18/h13-15H,2-12,17H2,1H3. The third-order valence-corrected chi connectivity index (χ3v) is 6.08. The first-order valence-electron chi connectivity index (χ1n) is 8.37. The Morgan fingerprint density at radius 2 is 2.00 bits per heavy atom. The van der Waals surface area contributed by atoms with Crippen molar-refractivity contribution in [2.45, 2.75) is 76.0 Å². The van der Waals surface area contributed by atoms with Gasteiger partial charge in [-0.15, -0.1) is 0 Å². The summed E-state index contributed by atoms with van der Waals surface area (Å²) in [7, 11) is 0. The molecule has 0 bridgehead atoms. The number of nitrogens with zero attached hydrogens (tertiary/aromatic N) is 1. The van der Waals surface area contributed by atoms with Crippen molar-refractivity contribution < 1.29 is 4.74 Å². The predicted molar refractivity (Wildman–Crippen MR) is 78.1 cm³/mol. The molecule has 2 aliphatic carbocycles. The Morgan fingerprint density at radius 1 is 1.21 bits per heavy atom. The van der Waals surface area contributed by atoms with E-state index < -0.39 is 0 Å². The Balaban J connectivity index is 1.74. The van der Waals surface area contributed by atoms with Crippen molar-refractivity contribution in [1.82, 2.24) is 4.90 Å². The van der Waals surface area contributed by atoms with Crippen molar-refractivity contribution in [3.05, 3.63) is 0 Å². The van der Waals surface area contributed by atoms with Gasteiger partial charge in [0.25, 0.3) is 0 Å². The van der Waals surface area contributed by atoms with Gasteiger partial charge in [-0.2, -0.15) is 0 Å².